The maximum Gasteiger partial charge on any atom is 0.172 e. The summed E-state index contributed by atoms with van der Waals surface area (Å²) < 4.78 is 0. The Hall–Kier alpha value is -1.49. The highest BCUT2D eigenvalue weighted by Gasteiger charge is 1.89. The summed E-state index contributed by atoms with van der Waals surface area (Å²) in [7, 11) is 0. The molecule has 11 heavy (non-hydrogen) atoms. The van der Waals surface area contributed by atoms with Gasteiger partial charge in [-0.05, 0) is 6.92 Å². The molecule has 1 aromatic rings. The molecule has 0 aliphatic heterocycles. The molecule has 0 fully saturated rings. The van der Waals surface area contributed by atoms with Crippen molar-refractivity contribution in [1.29, 1.82) is 0 Å². The molecule has 0 saturated carbocycles. The lowest BCUT2D eigenvalue weighted by Gasteiger charge is -1.94. The molecule has 0 aliphatic rings. The van der Waals surface area contributed by atoms with Crippen LogP contribution in [0.2, 0.25) is 0 Å². The van der Waals surface area contributed by atoms with Crippen molar-refractivity contribution < 1.29 is 5.21 Å². The first-order valence-electron chi connectivity index (χ1n) is 3.04. The largest absolute Gasteiger partial charge is 0.290 e. The van der Waals surface area contributed by atoms with Crippen molar-refractivity contribution in [3.8, 4) is 0 Å². The van der Waals surface area contributed by atoms with Crippen molar-refractivity contribution in [3.63, 3.8) is 0 Å². The monoisotopic (exact) mass is 152 g/mol. The molecule has 5 nitrogen and oxygen atoms in total. The second-order valence-electron chi connectivity index (χ2n) is 1.87. The normalized spacial score (nSPS) is 11.3. The fourth-order valence-corrected chi connectivity index (χ4v) is 0.546. The predicted molar refractivity (Wildman–Crippen MR) is 39.7 cm³/mol. The summed E-state index contributed by atoms with van der Waals surface area (Å²) in [5.74, 6) is 0.844. The Bertz CT molecular complexity index is 246. The van der Waals surface area contributed by atoms with E-state index in [0.717, 1.165) is 0 Å². The third-order valence-corrected chi connectivity index (χ3v) is 0.994. The van der Waals surface area contributed by atoms with E-state index >= 15 is 0 Å². The molecule has 0 unspecified atom stereocenters. The molecule has 58 valence electrons. The number of aliphatic imine (C=N–C) groups is 1. The van der Waals surface area contributed by atoms with Gasteiger partial charge in [0.15, 0.2) is 5.82 Å². The van der Waals surface area contributed by atoms with Gasteiger partial charge >= 0.3 is 0 Å². The van der Waals surface area contributed by atoms with Gasteiger partial charge in [-0.1, -0.05) is 0 Å². The molecule has 0 radical (unpaired) electrons. The van der Waals surface area contributed by atoms with E-state index in [-0.39, 0.29) is 0 Å². The first kappa shape index (κ1) is 7.62. The topological polar surface area (TPSA) is 70.4 Å². The number of amidine groups is 1. The number of aromatic nitrogens is 2. The standard InChI is InChI=1S/C6H8N4O/c1-5(10-11)9-6-4-7-2-3-8-6/h2-4,11H,1H3,(H,8,9,10). The molecular formula is C6H8N4O. The summed E-state index contributed by atoms with van der Waals surface area (Å²) in [6.07, 6.45) is 4.59. The van der Waals surface area contributed by atoms with Crippen LogP contribution < -0.4 is 5.48 Å². The van der Waals surface area contributed by atoms with Crippen molar-refractivity contribution in [1.82, 2.24) is 15.4 Å². The van der Waals surface area contributed by atoms with Gasteiger partial charge in [0.1, 0.15) is 5.84 Å². The molecule has 0 atom stereocenters. The molecule has 1 rings (SSSR count). The zero-order valence-corrected chi connectivity index (χ0v) is 6.02. The van der Waals surface area contributed by atoms with Crippen molar-refractivity contribution >= 4 is 11.7 Å². The van der Waals surface area contributed by atoms with Gasteiger partial charge in [-0.15, -0.1) is 0 Å². The van der Waals surface area contributed by atoms with Crippen molar-refractivity contribution in [2.75, 3.05) is 0 Å². The van der Waals surface area contributed by atoms with Gasteiger partial charge in [0.25, 0.3) is 0 Å². The van der Waals surface area contributed by atoms with Crippen molar-refractivity contribution in [2.24, 2.45) is 4.99 Å². The summed E-state index contributed by atoms with van der Waals surface area (Å²) in [5, 5.41) is 8.37. The van der Waals surface area contributed by atoms with Gasteiger partial charge in [0.2, 0.25) is 0 Å². The third kappa shape index (κ3) is 2.30. The Morgan fingerprint density at radius 3 is 3.00 bits per heavy atom. The number of nitrogens with one attached hydrogen (secondary N) is 1. The molecule has 0 aliphatic carbocycles. The Kier molecular flexibility index (Phi) is 2.51. The number of hydroxylamine groups is 1. The van der Waals surface area contributed by atoms with Gasteiger partial charge in [0.05, 0.1) is 6.20 Å². The van der Waals surface area contributed by atoms with Gasteiger partial charge in [0, 0.05) is 12.4 Å². The Morgan fingerprint density at radius 1 is 1.64 bits per heavy atom. The molecular weight excluding hydrogens is 144 g/mol. The molecule has 5 heteroatoms. The minimum absolute atomic E-state index is 0.380. The van der Waals surface area contributed by atoms with E-state index in [4.69, 9.17) is 5.21 Å². The van der Waals surface area contributed by atoms with Crippen LogP contribution >= 0.6 is 0 Å². The maximum absolute atomic E-state index is 8.37. The number of nitrogens with zero attached hydrogens (tertiary/aromatic N) is 3. The van der Waals surface area contributed by atoms with Gasteiger partial charge in [-0.25, -0.2) is 9.98 Å². The number of hydrogen-bond donors (Lipinski definition) is 2. The lowest BCUT2D eigenvalue weighted by atomic mass is 10.6. The van der Waals surface area contributed by atoms with E-state index in [1.807, 2.05) is 5.48 Å². The van der Waals surface area contributed by atoms with Crippen LogP contribution in [-0.4, -0.2) is 21.0 Å². The number of rotatable bonds is 1. The van der Waals surface area contributed by atoms with Crippen LogP contribution in [0.1, 0.15) is 6.92 Å². The van der Waals surface area contributed by atoms with Crippen LogP contribution in [0.25, 0.3) is 0 Å². The SMILES string of the molecule is CC(=Nc1cnccn1)NO. The third-order valence-electron chi connectivity index (χ3n) is 0.994. The Morgan fingerprint density at radius 2 is 2.45 bits per heavy atom. The highest BCUT2D eigenvalue weighted by molar-refractivity contribution is 5.80. The van der Waals surface area contributed by atoms with E-state index in [1.165, 1.54) is 12.4 Å². The highest BCUT2D eigenvalue weighted by Crippen LogP contribution is 2.01. The first-order chi connectivity index (χ1) is 5.33. The summed E-state index contributed by atoms with van der Waals surface area (Å²) in [4.78, 5) is 11.5. The molecule has 1 heterocycles. The van der Waals surface area contributed by atoms with Crippen molar-refractivity contribution in [3.05, 3.63) is 18.6 Å². The lowest BCUT2D eigenvalue weighted by molar-refractivity contribution is 0.234. The quantitative estimate of drug-likeness (QED) is 0.349. The van der Waals surface area contributed by atoms with Gasteiger partial charge in [-0.3, -0.25) is 15.7 Å². The summed E-state index contributed by atoms with van der Waals surface area (Å²) in [6, 6.07) is 0. The summed E-state index contributed by atoms with van der Waals surface area (Å²) in [6.45, 7) is 1.62. The van der Waals surface area contributed by atoms with E-state index in [2.05, 4.69) is 15.0 Å². The van der Waals surface area contributed by atoms with Crippen LogP contribution in [0.4, 0.5) is 5.82 Å². The zero-order valence-electron chi connectivity index (χ0n) is 6.02. The van der Waals surface area contributed by atoms with E-state index in [0.29, 0.717) is 11.7 Å². The van der Waals surface area contributed by atoms with Crippen LogP contribution in [-0.2, 0) is 0 Å². The Labute approximate surface area is 63.8 Å². The zero-order chi connectivity index (χ0) is 8.10. The Balaban J connectivity index is 2.79. The van der Waals surface area contributed by atoms with E-state index in [1.54, 1.807) is 13.1 Å². The molecule has 0 spiro atoms. The van der Waals surface area contributed by atoms with Gasteiger partial charge < -0.3 is 0 Å². The fraction of sp³-hybridized carbons (Fsp3) is 0.167. The van der Waals surface area contributed by atoms with Crippen LogP contribution in [0.3, 0.4) is 0 Å². The van der Waals surface area contributed by atoms with Crippen LogP contribution in [0.5, 0.6) is 0 Å². The molecule has 0 bridgehead atoms. The van der Waals surface area contributed by atoms with Gasteiger partial charge in [-0.2, -0.15) is 0 Å². The minimum atomic E-state index is 0.380. The molecule has 2 N–H and O–H groups in total. The number of hydrogen-bond acceptors (Lipinski definition) is 4. The average Bonchev–Trinajstić information content (AvgIpc) is 2.06. The second kappa shape index (κ2) is 3.62. The smallest absolute Gasteiger partial charge is 0.172 e. The summed E-state index contributed by atoms with van der Waals surface area (Å²) >= 11 is 0. The van der Waals surface area contributed by atoms with Crippen molar-refractivity contribution in [2.45, 2.75) is 6.92 Å². The molecule has 0 aromatic carbocycles. The van der Waals surface area contributed by atoms with Crippen LogP contribution in [0, 0.1) is 0 Å². The first-order valence-corrected chi connectivity index (χ1v) is 3.04. The minimum Gasteiger partial charge on any atom is -0.290 e. The highest BCUT2D eigenvalue weighted by atomic mass is 16.5. The van der Waals surface area contributed by atoms with E-state index in [9.17, 15) is 0 Å². The second-order valence-corrected chi connectivity index (χ2v) is 1.87. The predicted octanol–water partition coefficient (Wildman–Crippen LogP) is 0.505. The average molecular weight is 152 g/mol. The molecule has 1 aromatic heterocycles. The molecule has 0 saturated heterocycles. The van der Waals surface area contributed by atoms with E-state index < -0.39 is 0 Å². The molecule has 0 amide bonds. The maximum atomic E-state index is 8.37. The fourth-order valence-electron chi connectivity index (χ4n) is 0.546. The van der Waals surface area contributed by atoms with Crippen LogP contribution in [0.15, 0.2) is 23.6 Å². The lowest BCUT2D eigenvalue weighted by Crippen LogP contribution is -2.13. The summed E-state index contributed by atoms with van der Waals surface area (Å²) in [5.41, 5.74) is 1.90.